The first-order chi connectivity index (χ1) is 7.81. The third-order valence-electron chi connectivity index (χ3n) is 2.38. The van der Waals surface area contributed by atoms with Crippen molar-refractivity contribution in [3.63, 3.8) is 0 Å². The van der Waals surface area contributed by atoms with Gasteiger partial charge in [0.05, 0.1) is 0 Å². The molecule has 4 heteroatoms. The Kier molecular flexibility index (Phi) is 3.85. The summed E-state index contributed by atoms with van der Waals surface area (Å²) in [6, 6.07) is 3.96. The fraction of sp³-hybridized carbons (Fsp3) is 0.333. The van der Waals surface area contributed by atoms with Crippen molar-refractivity contribution in [1.82, 2.24) is 5.32 Å². The Morgan fingerprint density at radius 2 is 2.12 bits per heavy atom. The van der Waals surface area contributed by atoms with Crippen LogP contribution in [-0.2, 0) is 6.54 Å². The molecule has 16 heavy (non-hydrogen) atoms. The molecule has 0 fully saturated rings. The van der Waals surface area contributed by atoms with Crippen LogP contribution in [0.2, 0.25) is 0 Å². The molecule has 0 saturated heterocycles. The molecule has 0 atom stereocenters. The highest BCUT2D eigenvalue weighted by Crippen LogP contribution is 2.36. The van der Waals surface area contributed by atoms with Crippen LogP contribution < -0.4 is 14.8 Å². The van der Waals surface area contributed by atoms with Crippen LogP contribution in [0.4, 0.5) is 0 Å². The van der Waals surface area contributed by atoms with Gasteiger partial charge >= 0.3 is 0 Å². The average molecular weight is 284 g/mol. The molecule has 0 unspecified atom stereocenters. The fourth-order valence-corrected chi connectivity index (χ4v) is 1.98. The summed E-state index contributed by atoms with van der Waals surface area (Å²) in [5, 5.41) is 3.34. The number of rotatable bonds is 5. The van der Waals surface area contributed by atoms with E-state index in [4.69, 9.17) is 9.47 Å². The van der Waals surface area contributed by atoms with E-state index in [1.165, 1.54) is 5.56 Å². The lowest BCUT2D eigenvalue weighted by molar-refractivity contribution is 0.174. The van der Waals surface area contributed by atoms with Crippen molar-refractivity contribution in [3.8, 4) is 11.5 Å². The fourth-order valence-electron chi connectivity index (χ4n) is 1.52. The number of fused-ring (bicyclic) bond motifs is 1. The van der Waals surface area contributed by atoms with E-state index in [9.17, 15) is 0 Å². The lowest BCUT2D eigenvalue weighted by Gasteiger charge is -2.07. The van der Waals surface area contributed by atoms with E-state index in [1.54, 1.807) is 0 Å². The van der Waals surface area contributed by atoms with Gasteiger partial charge in [-0.15, -0.1) is 6.58 Å². The lowest BCUT2D eigenvalue weighted by atomic mass is 10.2. The van der Waals surface area contributed by atoms with Gasteiger partial charge < -0.3 is 14.8 Å². The maximum absolute atomic E-state index is 5.33. The molecule has 0 bridgehead atoms. The number of hydrogen-bond acceptors (Lipinski definition) is 3. The molecular weight excluding hydrogens is 270 g/mol. The summed E-state index contributed by atoms with van der Waals surface area (Å²) < 4.78 is 11.7. The molecule has 1 aliphatic heterocycles. The molecule has 1 N–H and O–H groups in total. The number of hydrogen-bond donors (Lipinski definition) is 1. The van der Waals surface area contributed by atoms with Gasteiger partial charge in [-0.05, 0) is 30.7 Å². The maximum atomic E-state index is 5.33. The summed E-state index contributed by atoms with van der Waals surface area (Å²) in [4.78, 5) is 0. The second-order valence-electron chi connectivity index (χ2n) is 3.55. The highest BCUT2D eigenvalue weighted by molar-refractivity contribution is 9.10. The van der Waals surface area contributed by atoms with Crippen molar-refractivity contribution in [2.24, 2.45) is 0 Å². The van der Waals surface area contributed by atoms with Crippen molar-refractivity contribution in [1.29, 1.82) is 0 Å². The van der Waals surface area contributed by atoms with E-state index < -0.39 is 0 Å². The summed E-state index contributed by atoms with van der Waals surface area (Å²) in [5.41, 5.74) is 1.17. The average Bonchev–Trinajstić information content (AvgIpc) is 2.71. The summed E-state index contributed by atoms with van der Waals surface area (Å²) in [7, 11) is 0. The van der Waals surface area contributed by atoms with Gasteiger partial charge in [0.2, 0.25) is 6.79 Å². The van der Waals surface area contributed by atoms with Crippen LogP contribution in [0.25, 0.3) is 0 Å². The molecule has 3 nitrogen and oxygen atoms in total. The Morgan fingerprint density at radius 1 is 1.38 bits per heavy atom. The zero-order chi connectivity index (χ0) is 11.4. The van der Waals surface area contributed by atoms with Gasteiger partial charge in [-0.25, -0.2) is 0 Å². The first kappa shape index (κ1) is 11.5. The van der Waals surface area contributed by atoms with Crippen LogP contribution in [0, 0.1) is 0 Å². The minimum absolute atomic E-state index is 0.315. The maximum Gasteiger partial charge on any atom is 0.231 e. The topological polar surface area (TPSA) is 30.5 Å². The Bertz CT molecular complexity index is 393. The van der Waals surface area contributed by atoms with E-state index in [0.29, 0.717) is 6.79 Å². The standard InChI is InChI=1S/C12H14BrNO2/c1-2-3-4-14-7-9-5-11-12(6-10(9)13)16-8-15-11/h2,5-6,14H,1,3-4,7-8H2. The number of nitrogens with one attached hydrogen (secondary N) is 1. The molecule has 1 heterocycles. The SMILES string of the molecule is C=CCCNCc1cc2c(cc1Br)OCO2. The molecule has 1 aliphatic rings. The molecule has 0 radical (unpaired) electrons. The monoisotopic (exact) mass is 283 g/mol. The van der Waals surface area contributed by atoms with Gasteiger partial charge in [-0.2, -0.15) is 0 Å². The van der Waals surface area contributed by atoms with E-state index in [1.807, 2.05) is 18.2 Å². The Hall–Kier alpha value is -1.00. The first-order valence-electron chi connectivity index (χ1n) is 5.21. The van der Waals surface area contributed by atoms with Gasteiger partial charge in [0.1, 0.15) is 0 Å². The first-order valence-corrected chi connectivity index (χ1v) is 6.00. The van der Waals surface area contributed by atoms with Crippen molar-refractivity contribution < 1.29 is 9.47 Å². The van der Waals surface area contributed by atoms with Gasteiger partial charge in [-0.3, -0.25) is 0 Å². The quantitative estimate of drug-likeness (QED) is 0.666. The van der Waals surface area contributed by atoms with E-state index in [2.05, 4.69) is 27.8 Å². The number of benzene rings is 1. The van der Waals surface area contributed by atoms with Crippen molar-refractivity contribution in [2.45, 2.75) is 13.0 Å². The predicted molar refractivity (Wildman–Crippen MR) is 66.8 cm³/mol. The zero-order valence-electron chi connectivity index (χ0n) is 8.96. The Labute approximate surface area is 104 Å². The molecule has 0 aromatic heterocycles. The van der Waals surface area contributed by atoms with Crippen LogP contribution in [0.1, 0.15) is 12.0 Å². The molecule has 0 aliphatic carbocycles. The Morgan fingerprint density at radius 3 is 2.88 bits per heavy atom. The van der Waals surface area contributed by atoms with E-state index >= 15 is 0 Å². The van der Waals surface area contributed by atoms with Crippen LogP contribution in [0.3, 0.4) is 0 Å². The second kappa shape index (κ2) is 5.37. The van der Waals surface area contributed by atoms with Gasteiger partial charge in [-0.1, -0.05) is 22.0 Å². The van der Waals surface area contributed by atoms with Crippen molar-refractivity contribution >= 4 is 15.9 Å². The molecule has 86 valence electrons. The van der Waals surface area contributed by atoms with Gasteiger partial charge in [0.15, 0.2) is 11.5 Å². The van der Waals surface area contributed by atoms with Crippen molar-refractivity contribution in [2.75, 3.05) is 13.3 Å². The smallest absolute Gasteiger partial charge is 0.231 e. The second-order valence-corrected chi connectivity index (χ2v) is 4.41. The molecule has 0 spiro atoms. The zero-order valence-corrected chi connectivity index (χ0v) is 10.5. The van der Waals surface area contributed by atoms with Crippen LogP contribution in [-0.4, -0.2) is 13.3 Å². The summed E-state index contributed by atoms with van der Waals surface area (Å²) in [5.74, 6) is 1.63. The van der Waals surface area contributed by atoms with Crippen LogP contribution >= 0.6 is 15.9 Å². The normalized spacial score (nSPS) is 12.8. The third kappa shape index (κ3) is 2.57. The number of ether oxygens (including phenoxy) is 2. The molecule has 1 aromatic carbocycles. The van der Waals surface area contributed by atoms with Gasteiger partial charge in [0.25, 0.3) is 0 Å². The number of halogens is 1. The predicted octanol–water partition coefficient (Wildman–Crippen LogP) is 2.84. The molecular formula is C12H14BrNO2. The molecule has 0 saturated carbocycles. The van der Waals surface area contributed by atoms with Crippen LogP contribution in [0.15, 0.2) is 29.3 Å². The summed E-state index contributed by atoms with van der Waals surface area (Å²) in [6.45, 7) is 5.74. The lowest BCUT2D eigenvalue weighted by Crippen LogP contribution is -2.14. The third-order valence-corrected chi connectivity index (χ3v) is 3.12. The van der Waals surface area contributed by atoms with E-state index in [0.717, 1.165) is 35.5 Å². The van der Waals surface area contributed by atoms with Gasteiger partial charge in [0, 0.05) is 11.0 Å². The Balaban J connectivity index is 2.01. The molecule has 0 amide bonds. The largest absolute Gasteiger partial charge is 0.454 e. The highest BCUT2D eigenvalue weighted by Gasteiger charge is 2.15. The molecule has 2 rings (SSSR count). The highest BCUT2D eigenvalue weighted by atomic mass is 79.9. The molecule has 1 aromatic rings. The van der Waals surface area contributed by atoms with Crippen molar-refractivity contribution in [3.05, 3.63) is 34.8 Å². The minimum atomic E-state index is 0.315. The van der Waals surface area contributed by atoms with E-state index in [-0.39, 0.29) is 0 Å². The minimum Gasteiger partial charge on any atom is -0.454 e. The summed E-state index contributed by atoms with van der Waals surface area (Å²) in [6.07, 6.45) is 2.88. The summed E-state index contributed by atoms with van der Waals surface area (Å²) >= 11 is 3.52. The van der Waals surface area contributed by atoms with Crippen LogP contribution in [0.5, 0.6) is 11.5 Å².